The Kier molecular flexibility index (Phi) is 4.87. The third-order valence-electron chi connectivity index (χ3n) is 1.06. The monoisotopic (exact) mass is 193 g/mol. The number of thioether (sulfide) groups is 1. The van der Waals surface area contributed by atoms with E-state index in [-0.39, 0.29) is 5.75 Å². The van der Waals surface area contributed by atoms with Gasteiger partial charge in [-0.05, 0) is 6.92 Å². The molecule has 0 aromatic carbocycles. The zero-order valence-corrected chi connectivity index (χ0v) is 7.37. The normalized spacial score (nSPS) is 15.2. The molecular formula is C6H11NO4S. The molecule has 0 spiro atoms. The third kappa shape index (κ3) is 4.32. The van der Waals surface area contributed by atoms with Crippen molar-refractivity contribution in [3.05, 3.63) is 0 Å². The first-order valence-electron chi connectivity index (χ1n) is 3.28. The fourth-order valence-corrected chi connectivity index (χ4v) is 1.09. The number of aliphatic hydroxyl groups is 1. The van der Waals surface area contributed by atoms with Crippen molar-refractivity contribution >= 4 is 22.8 Å². The highest BCUT2D eigenvalue weighted by molar-refractivity contribution is 8.13. The van der Waals surface area contributed by atoms with E-state index in [0.29, 0.717) is 0 Å². The molecule has 0 aliphatic rings. The Morgan fingerprint density at radius 2 is 2.08 bits per heavy atom. The Hall–Kier alpha value is -0.590. The molecule has 0 aliphatic heterocycles. The number of carboxylic acid groups (broad SMARTS) is 1. The van der Waals surface area contributed by atoms with E-state index in [9.17, 15) is 9.59 Å². The van der Waals surface area contributed by atoms with Gasteiger partial charge in [0.25, 0.3) is 0 Å². The summed E-state index contributed by atoms with van der Waals surface area (Å²) in [4.78, 5) is 20.9. The maximum atomic E-state index is 10.7. The standard InChI is InChI=1S/C6H11NO4S/c1-3(8)6(11)12-2-4(7)5(9)10/h3-4,8H,2,7H2,1H3,(H,9,10)/t3?,4-/m0/s1. The lowest BCUT2D eigenvalue weighted by Crippen LogP contribution is -2.33. The fourth-order valence-electron chi connectivity index (χ4n) is 0.364. The minimum atomic E-state index is -1.15. The number of carbonyl (C=O) groups is 2. The van der Waals surface area contributed by atoms with E-state index in [0.717, 1.165) is 11.8 Å². The van der Waals surface area contributed by atoms with Gasteiger partial charge in [-0.25, -0.2) is 0 Å². The van der Waals surface area contributed by atoms with Crippen LogP contribution in [0.1, 0.15) is 6.92 Å². The van der Waals surface area contributed by atoms with Gasteiger partial charge < -0.3 is 15.9 Å². The summed E-state index contributed by atoms with van der Waals surface area (Å²) in [6, 6.07) is -1.06. The fraction of sp³-hybridized carbons (Fsp3) is 0.667. The van der Waals surface area contributed by atoms with Gasteiger partial charge in [0.05, 0.1) is 0 Å². The van der Waals surface area contributed by atoms with Crippen LogP contribution in [-0.2, 0) is 9.59 Å². The van der Waals surface area contributed by atoms with Crippen molar-refractivity contribution in [3.8, 4) is 0 Å². The van der Waals surface area contributed by atoms with Gasteiger partial charge >= 0.3 is 5.97 Å². The smallest absolute Gasteiger partial charge is 0.321 e. The number of nitrogens with two attached hydrogens (primary N) is 1. The van der Waals surface area contributed by atoms with Crippen LogP contribution in [0.2, 0.25) is 0 Å². The van der Waals surface area contributed by atoms with Crippen LogP contribution in [0.5, 0.6) is 0 Å². The second kappa shape index (κ2) is 5.13. The van der Waals surface area contributed by atoms with Crippen LogP contribution in [0.15, 0.2) is 0 Å². The Bertz CT molecular complexity index is 182. The largest absolute Gasteiger partial charge is 0.480 e. The van der Waals surface area contributed by atoms with Crippen LogP contribution in [0.4, 0.5) is 0 Å². The SMILES string of the molecule is CC(O)C(=O)SC[C@H](N)C(=O)O. The number of aliphatic hydroxyl groups excluding tert-OH is 1. The molecule has 0 bridgehead atoms. The summed E-state index contributed by atoms with van der Waals surface area (Å²) >= 11 is 0.726. The maximum Gasteiger partial charge on any atom is 0.321 e. The van der Waals surface area contributed by atoms with Gasteiger partial charge in [0.15, 0.2) is 0 Å². The lowest BCUT2D eigenvalue weighted by atomic mass is 10.4. The van der Waals surface area contributed by atoms with Gasteiger partial charge in [-0.2, -0.15) is 0 Å². The summed E-state index contributed by atoms with van der Waals surface area (Å²) in [6.45, 7) is 1.32. The molecule has 70 valence electrons. The molecule has 0 heterocycles. The van der Waals surface area contributed by atoms with Crippen molar-refractivity contribution < 1.29 is 19.8 Å². The van der Waals surface area contributed by atoms with E-state index in [1.54, 1.807) is 0 Å². The van der Waals surface area contributed by atoms with Gasteiger partial charge in [-0.1, -0.05) is 11.8 Å². The van der Waals surface area contributed by atoms with Crippen LogP contribution >= 0.6 is 11.8 Å². The van der Waals surface area contributed by atoms with E-state index >= 15 is 0 Å². The number of carbonyl (C=O) groups excluding carboxylic acids is 1. The number of rotatable bonds is 4. The van der Waals surface area contributed by atoms with Crippen LogP contribution in [0.3, 0.4) is 0 Å². The third-order valence-corrected chi connectivity index (χ3v) is 2.21. The van der Waals surface area contributed by atoms with Crippen molar-refractivity contribution in [1.82, 2.24) is 0 Å². The molecular weight excluding hydrogens is 182 g/mol. The summed E-state index contributed by atoms with van der Waals surface area (Å²) in [5.74, 6) is -1.17. The lowest BCUT2D eigenvalue weighted by molar-refractivity contribution is -0.137. The number of hydrogen-bond acceptors (Lipinski definition) is 5. The first-order chi connectivity index (χ1) is 5.45. The van der Waals surface area contributed by atoms with Crippen LogP contribution in [-0.4, -0.2) is 39.2 Å². The molecule has 0 radical (unpaired) electrons. The molecule has 0 fully saturated rings. The minimum absolute atomic E-state index is 0.0148. The van der Waals surface area contributed by atoms with Crippen molar-refractivity contribution in [2.45, 2.75) is 19.1 Å². The van der Waals surface area contributed by atoms with Gasteiger partial charge in [-0.15, -0.1) is 0 Å². The molecule has 0 saturated carbocycles. The van der Waals surface area contributed by atoms with Crippen molar-refractivity contribution in [2.24, 2.45) is 5.73 Å². The Labute approximate surface area is 73.9 Å². The first kappa shape index (κ1) is 11.4. The quantitative estimate of drug-likeness (QED) is 0.531. The second-order valence-electron chi connectivity index (χ2n) is 2.25. The summed E-state index contributed by atoms with van der Waals surface area (Å²) in [6.07, 6.45) is -1.07. The predicted molar refractivity (Wildman–Crippen MR) is 44.8 cm³/mol. The molecule has 5 nitrogen and oxygen atoms in total. The summed E-state index contributed by atoms with van der Waals surface area (Å²) in [7, 11) is 0. The molecule has 4 N–H and O–H groups in total. The van der Waals surface area contributed by atoms with Gasteiger partial charge in [-0.3, -0.25) is 9.59 Å². The molecule has 0 rings (SSSR count). The zero-order valence-electron chi connectivity index (χ0n) is 6.56. The topological polar surface area (TPSA) is 101 Å². The molecule has 1 unspecified atom stereocenters. The van der Waals surface area contributed by atoms with Crippen molar-refractivity contribution in [3.63, 3.8) is 0 Å². The molecule has 2 atom stereocenters. The average Bonchev–Trinajstić information content (AvgIpc) is 1.98. The highest BCUT2D eigenvalue weighted by Gasteiger charge is 2.16. The number of hydrogen-bond donors (Lipinski definition) is 3. The second-order valence-corrected chi connectivity index (χ2v) is 3.28. The zero-order chi connectivity index (χ0) is 9.72. The van der Waals surface area contributed by atoms with Crippen LogP contribution in [0, 0.1) is 0 Å². The summed E-state index contributed by atoms with van der Waals surface area (Å²) in [5.41, 5.74) is 5.11. The summed E-state index contributed by atoms with van der Waals surface area (Å²) in [5, 5.41) is 16.6. The highest BCUT2D eigenvalue weighted by atomic mass is 32.2. The molecule has 0 aromatic heterocycles. The van der Waals surface area contributed by atoms with Crippen molar-refractivity contribution in [1.29, 1.82) is 0 Å². The van der Waals surface area contributed by atoms with Crippen LogP contribution in [0.25, 0.3) is 0 Å². The van der Waals surface area contributed by atoms with Gasteiger partial charge in [0.1, 0.15) is 12.1 Å². The molecule has 0 amide bonds. The van der Waals surface area contributed by atoms with E-state index in [4.69, 9.17) is 15.9 Å². The molecule has 0 aliphatic carbocycles. The number of carboxylic acids is 1. The Balaban J connectivity index is 3.69. The summed E-state index contributed by atoms with van der Waals surface area (Å²) < 4.78 is 0. The Morgan fingerprint density at radius 3 is 2.42 bits per heavy atom. The van der Waals surface area contributed by atoms with E-state index in [1.165, 1.54) is 6.92 Å². The van der Waals surface area contributed by atoms with Crippen molar-refractivity contribution in [2.75, 3.05) is 5.75 Å². The Morgan fingerprint density at radius 1 is 1.58 bits per heavy atom. The molecule has 0 aromatic rings. The van der Waals surface area contributed by atoms with Crippen LogP contribution < -0.4 is 5.73 Å². The lowest BCUT2D eigenvalue weighted by Gasteiger charge is -2.05. The highest BCUT2D eigenvalue weighted by Crippen LogP contribution is 2.06. The maximum absolute atomic E-state index is 10.7. The van der Waals surface area contributed by atoms with Gasteiger partial charge in [0.2, 0.25) is 5.12 Å². The van der Waals surface area contributed by atoms with E-state index in [2.05, 4.69) is 0 Å². The predicted octanol–water partition coefficient (Wildman–Crippen LogP) is -0.961. The van der Waals surface area contributed by atoms with Gasteiger partial charge in [0, 0.05) is 5.75 Å². The molecule has 12 heavy (non-hydrogen) atoms. The number of aliphatic carboxylic acids is 1. The molecule has 0 saturated heterocycles. The first-order valence-corrected chi connectivity index (χ1v) is 4.26. The average molecular weight is 193 g/mol. The van der Waals surface area contributed by atoms with E-state index in [1.807, 2.05) is 0 Å². The van der Waals surface area contributed by atoms with E-state index < -0.39 is 23.2 Å². The minimum Gasteiger partial charge on any atom is -0.480 e. The molecule has 6 heteroatoms.